The standard InChI is InChI=1S/C19H20ClFN8/c1-9-19(29-6-5-13(22)12(21)8-29)24-18-17(23-9)16(25-26-18)10-3-4-14-11(15(10)20)7-28(2)27-14/h3-4,7,12-13H,5-6,8,22H2,1-2H3,(H,24,25,26)/t12-,13+/m1/s1. The highest BCUT2D eigenvalue weighted by Crippen LogP contribution is 2.36. The number of aromatic nitrogens is 6. The van der Waals surface area contributed by atoms with Gasteiger partial charge in [0.1, 0.15) is 17.4 Å². The zero-order chi connectivity index (χ0) is 20.3. The maximum atomic E-state index is 14.1. The molecule has 3 aromatic heterocycles. The van der Waals surface area contributed by atoms with Crippen LogP contribution in [0, 0.1) is 6.92 Å². The Hall–Kier alpha value is -2.78. The van der Waals surface area contributed by atoms with E-state index in [0.29, 0.717) is 46.4 Å². The second kappa shape index (κ2) is 6.64. The van der Waals surface area contributed by atoms with Gasteiger partial charge in [-0.1, -0.05) is 11.6 Å². The number of hydrogen-bond donors (Lipinski definition) is 2. The number of benzene rings is 1. The number of aromatic amines is 1. The lowest BCUT2D eigenvalue weighted by molar-refractivity contribution is 0.251. The lowest BCUT2D eigenvalue weighted by Crippen LogP contribution is -2.49. The van der Waals surface area contributed by atoms with Gasteiger partial charge in [-0.05, 0) is 25.5 Å². The number of nitrogens with one attached hydrogen (secondary N) is 1. The van der Waals surface area contributed by atoms with Crippen LogP contribution in [0.2, 0.25) is 5.02 Å². The van der Waals surface area contributed by atoms with Crippen LogP contribution in [0.4, 0.5) is 10.2 Å². The number of alkyl halides is 1. The Morgan fingerprint density at radius 2 is 2.14 bits per heavy atom. The van der Waals surface area contributed by atoms with Crippen LogP contribution in [0.3, 0.4) is 0 Å². The fourth-order valence-electron chi connectivity index (χ4n) is 3.88. The number of H-pyrrole nitrogens is 1. The SMILES string of the molecule is Cc1nc2c(-c3ccc4nn(C)cc4c3Cl)n[nH]c2nc1N1CC[C@H](N)[C@H](F)C1. The van der Waals surface area contributed by atoms with Crippen molar-refractivity contribution >= 4 is 39.5 Å². The van der Waals surface area contributed by atoms with Crippen molar-refractivity contribution in [2.45, 2.75) is 25.6 Å². The Balaban J connectivity index is 1.59. The maximum Gasteiger partial charge on any atom is 0.177 e. The molecule has 1 aromatic carbocycles. The minimum Gasteiger partial charge on any atom is -0.352 e. The fourth-order valence-corrected chi connectivity index (χ4v) is 4.18. The number of aryl methyl sites for hydroxylation is 2. The Kier molecular flexibility index (Phi) is 4.18. The van der Waals surface area contributed by atoms with E-state index in [1.807, 2.05) is 37.2 Å². The molecule has 0 unspecified atom stereocenters. The van der Waals surface area contributed by atoms with Gasteiger partial charge in [0.05, 0.1) is 22.8 Å². The molecule has 2 atom stereocenters. The molecule has 0 aliphatic carbocycles. The van der Waals surface area contributed by atoms with E-state index in [2.05, 4.69) is 20.3 Å². The van der Waals surface area contributed by atoms with Gasteiger partial charge in [0.25, 0.3) is 0 Å². The van der Waals surface area contributed by atoms with Gasteiger partial charge in [0.15, 0.2) is 11.5 Å². The molecule has 10 heteroatoms. The third-order valence-corrected chi connectivity index (χ3v) is 5.83. The van der Waals surface area contributed by atoms with Gasteiger partial charge in [-0.15, -0.1) is 0 Å². The predicted molar refractivity (Wildman–Crippen MR) is 111 cm³/mol. The Morgan fingerprint density at radius 3 is 2.93 bits per heavy atom. The van der Waals surface area contributed by atoms with E-state index in [4.69, 9.17) is 22.3 Å². The van der Waals surface area contributed by atoms with Gasteiger partial charge in [-0.25, -0.2) is 14.4 Å². The van der Waals surface area contributed by atoms with Crippen molar-refractivity contribution in [1.82, 2.24) is 29.9 Å². The number of piperidine rings is 1. The Morgan fingerprint density at radius 1 is 1.31 bits per heavy atom. The summed E-state index contributed by atoms with van der Waals surface area (Å²) in [4.78, 5) is 11.3. The van der Waals surface area contributed by atoms with Crippen molar-refractivity contribution in [3.8, 4) is 11.3 Å². The Bertz CT molecular complexity index is 1230. The van der Waals surface area contributed by atoms with Crippen molar-refractivity contribution in [3.63, 3.8) is 0 Å². The van der Waals surface area contributed by atoms with Crippen LogP contribution in [-0.2, 0) is 7.05 Å². The molecule has 1 fully saturated rings. The smallest absolute Gasteiger partial charge is 0.177 e. The topological polar surface area (TPSA) is 102 Å². The van der Waals surface area contributed by atoms with E-state index in [-0.39, 0.29) is 6.54 Å². The van der Waals surface area contributed by atoms with Gasteiger partial charge in [-0.2, -0.15) is 10.2 Å². The van der Waals surface area contributed by atoms with Crippen LogP contribution >= 0.6 is 11.6 Å². The molecule has 4 aromatic rings. The summed E-state index contributed by atoms with van der Waals surface area (Å²) in [5.41, 5.74) is 9.87. The van der Waals surface area contributed by atoms with E-state index in [1.54, 1.807) is 4.68 Å². The van der Waals surface area contributed by atoms with Crippen molar-refractivity contribution in [2.24, 2.45) is 12.8 Å². The van der Waals surface area contributed by atoms with Crippen molar-refractivity contribution < 1.29 is 4.39 Å². The normalized spacial score (nSPS) is 20.1. The summed E-state index contributed by atoms with van der Waals surface area (Å²) in [7, 11) is 1.85. The molecular formula is C19H20ClFN8. The van der Waals surface area contributed by atoms with Crippen molar-refractivity contribution in [1.29, 1.82) is 0 Å². The van der Waals surface area contributed by atoms with E-state index in [9.17, 15) is 4.39 Å². The molecule has 1 aliphatic rings. The number of anilines is 1. The first kappa shape index (κ1) is 18.3. The summed E-state index contributed by atoms with van der Waals surface area (Å²) >= 11 is 6.65. The van der Waals surface area contributed by atoms with Gasteiger partial charge in [-0.3, -0.25) is 9.78 Å². The monoisotopic (exact) mass is 414 g/mol. The average Bonchev–Trinajstić information content (AvgIpc) is 3.27. The van der Waals surface area contributed by atoms with E-state index in [1.165, 1.54) is 0 Å². The zero-order valence-electron chi connectivity index (χ0n) is 16.0. The molecular weight excluding hydrogens is 395 g/mol. The average molecular weight is 415 g/mol. The third kappa shape index (κ3) is 2.92. The molecule has 150 valence electrons. The quantitative estimate of drug-likeness (QED) is 0.523. The third-order valence-electron chi connectivity index (χ3n) is 5.43. The molecule has 1 saturated heterocycles. The summed E-state index contributed by atoms with van der Waals surface area (Å²) in [6.07, 6.45) is 1.37. The highest BCUT2D eigenvalue weighted by molar-refractivity contribution is 6.38. The summed E-state index contributed by atoms with van der Waals surface area (Å²) in [5, 5.41) is 13.2. The largest absolute Gasteiger partial charge is 0.352 e. The van der Waals surface area contributed by atoms with Crippen LogP contribution in [0.5, 0.6) is 0 Å². The molecule has 0 saturated carbocycles. The number of nitrogens with zero attached hydrogens (tertiary/aromatic N) is 6. The van der Waals surface area contributed by atoms with Crippen LogP contribution < -0.4 is 10.6 Å². The van der Waals surface area contributed by atoms with Crippen LogP contribution in [-0.4, -0.2) is 55.2 Å². The van der Waals surface area contributed by atoms with Gasteiger partial charge >= 0.3 is 0 Å². The lowest BCUT2D eigenvalue weighted by Gasteiger charge is -2.34. The number of halogens is 2. The van der Waals surface area contributed by atoms with E-state index < -0.39 is 12.2 Å². The molecule has 5 rings (SSSR count). The number of hydrogen-bond acceptors (Lipinski definition) is 6. The molecule has 0 bridgehead atoms. The van der Waals surface area contributed by atoms with Crippen molar-refractivity contribution in [2.75, 3.05) is 18.0 Å². The minimum absolute atomic E-state index is 0.215. The van der Waals surface area contributed by atoms with Crippen LogP contribution in [0.1, 0.15) is 12.1 Å². The number of fused-ring (bicyclic) bond motifs is 2. The fraction of sp³-hybridized carbons (Fsp3) is 0.368. The minimum atomic E-state index is -1.08. The van der Waals surface area contributed by atoms with Gasteiger partial charge in [0.2, 0.25) is 0 Å². The number of rotatable bonds is 2. The van der Waals surface area contributed by atoms with Gasteiger partial charge < -0.3 is 10.6 Å². The molecule has 4 heterocycles. The van der Waals surface area contributed by atoms with E-state index in [0.717, 1.165) is 16.5 Å². The molecule has 3 N–H and O–H groups in total. The summed E-state index contributed by atoms with van der Waals surface area (Å²) in [5.74, 6) is 0.649. The summed E-state index contributed by atoms with van der Waals surface area (Å²) in [6.45, 7) is 2.73. The zero-order valence-corrected chi connectivity index (χ0v) is 16.8. The first-order chi connectivity index (χ1) is 13.9. The molecule has 29 heavy (non-hydrogen) atoms. The molecule has 8 nitrogen and oxygen atoms in total. The van der Waals surface area contributed by atoms with E-state index >= 15 is 0 Å². The first-order valence-electron chi connectivity index (χ1n) is 9.42. The predicted octanol–water partition coefficient (Wildman–Crippen LogP) is 2.74. The molecule has 0 radical (unpaired) electrons. The maximum absolute atomic E-state index is 14.1. The van der Waals surface area contributed by atoms with Crippen LogP contribution in [0.25, 0.3) is 33.3 Å². The van der Waals surface area contributed by atoms with Crippen LogP contribution in [0.15, 0.2) is 18.3 Å². The van der Waals surface area contributed by atoms with Crippen molar-refractivity contribution in [3.05, 3.63) is 29.0 Å². The first-order valence-corrected chi connectivity index (χ1v) is 9.79. The highest BCUT2D eigenvalue weighted by atomic mass is 35.5. The molecule has 0 amide bonds. The lowest BCUT2D eigenvalue weighted by atomic mass is 10.0. The number of nitrogens with two attached hydrogens (primary N) is 1. The highest BCUT2D eigenvalue weighted by Gasteiger charge is 2.29. The van der Waals surface area contributed by atoms with Gasteiger partial charge in [0, 0.05) is 36.8 Å². The summed E-state index contributed by atoms with van der Waals surface area (Å²) in [6, 6.07) is 3.37. The summed E-state index contributed by atoms with van der Waals surface area (Å²) < 4.78 is 15.8. The Labute approximate surface area is 170 Å². The molecule has 0 spiro atoms. The second-order valence-corrected chi connectivity index (χ2v) is 7.86. The second-order valence-electron chi connectivity index (χ2n) is 7.48. The molecule has 1 aliphatic heterocycles.